The molecule has 1 aliphatic heterocycles. The van der Waals surface area contributed by atoms with Crippen LogP contribution >= 0.6 is 11.8 Å². The van der Waals surface area contributed by atoms with Gasteiger partial charge in [-0.05, 0) is 18.8 Å². The van der Waals surface area contributed by atoms with Crippen LogP contribution in [0.1, 0.15) is 18.7 Å². The van der Waals surface area contributed by atoms with Crippen molar-refractivity contribution in [3.8, 4) is 0 Å². The normalized spacial score (nSPS) is 25.3. The van der Waals surface area contributed by atoms with E-state index in [1.54, 1.807) is 0 Å². The van der Waals surface area contributed by atoms with E-state index in [4.69, 9.17) is 0 Å². The Bertz CT molecular complexity index is 360. The molecular weight excluding hydrogens is 212 g/mol. The summed E-state index contributed by atoms with van der Waals surface area (Å²) in [6.07, 6.45) is 4.10. The summed E-state index contributed by atoms with van der Waals surface area (Å²) >= 11 is 1.86. The van der Waals surface area contributed by atoms with Gasteiger partial charge in [-0.2, -0.15) is 4.98 Å². The van der Waals surface area contributed by atoms with Gasteiger partial charge in [-0.1, -0.05) is 16.9 Å². The van der Waals surface area contributed by atoms with Crippen molar-refractivity contribution in [3.63, 3.8) is 0 Å². The maximum Gasteiger partial charge on any atom is 0.213 e. The lowest BCUT2D eigenvalue weighted by atomic mass is 10.3. The lowest BCUT2D eigenvalue weighted by Gasteiger charge is -2.05. The minimum atomic E-state index is 0.597. The standard InChI is InChI=1S/C9H12N4OS/c1-2-6(1)7-3-10-9(15-7)11-4-8-12-5-14-13-8/h5-7H,1-4H2,(H,10,11). The van der Waals surface area contributed by atoms with Crippen LogP contribution in [0.15, 0.2) is 15.9 Å². The van der Waals surface area contributed by atoms with Crippen molar-refractivity contribution in [2.75, 3.05) is 6.54 Å². The van der Waals surface area contributed by atoms with E-state index in [1.807, 2.05) is 11.8 Å². The lowest BCUT2D eigenvalue weighted by Crippen LogP contribution is -2.19. The second-order valence-electron chi connectivity index (χ2n) is 3.84. The summed E-state index contributed by atoms with van der Waals surface area (Å²) < 4.78 is 4.65. The highest BCUT2D eigenvalue weighted by Crippen LogP contribution is 2.41. The first-order valence-corrected chi connectivity index (χ1v) is 6.00. The first-order valence-electron chi connectivity index (χ1n) is 5.12. The molecule has 1 atom stereocenters. The largest absolute Gasteiger partial charge is 0.357 e. The van der Waals surface area contributed by atoms with Gasteiger partial charge in [-0.15, -0.1) is 0 Å². The fourth-order valence-electron chi connectivity index (χ4n) is 1.63. The van der Waals surface area contributed by atoms with Gasteiger partial charge in [0.25, 0.3) is 0 Å². The van der Waals surface area contributed by atoms with Crippen molar-refractivity contribution in [1.29, 1.82) is 0 Å². The molecule has 15 heavy (non-hydrogen) atoms. The molecule has 3 rings (SSSR count). The number of rotatable bonds is 3. The van der Waals surface area contributed by atoms with Crippen LogP contribution in [0.5, 0.6) is 0 Å². The second kappa shape index (κ2) is 3.84. The predicted molar refractivity (Wildman–Crippen MR) is 57.5 cm³/mol. The maximum atomic E-state index is 4.65. The third-order valence-corrected chi connectivity index (χ3v) is 3.96. The Kier molecular flexibility index (Phi) is 2.36. The van der Waals surface area contributed by atoms with Crippen molar-refractivity contribution in [3.05, 3.63) is 12.2 Å². The average molecular weight is 224 g/mol. The van der Waals surface area contributed by atoms with Crippen molar-refractivity contribution in [2.24, 2.45) is 10.9 Å². The minimum Gasteiger partial charge on any atom is -0.357 e. The summed E-state index contributed by atoms with van der Waals surface area (Å²) in [4.78, 5) is 8.40. The Hall–Kier alpha value is -1.04. The van der Waals surface area contributed by atoms with Crippen LogP contribution in [0.4, 0.5) is 0 Å². The van der Waals surface area contributed by atoms with Crippen LogP contribution in [0.2, 0.25) is 0 Å². The van der Waals surface area contributed by atoms with Crippen LogP contribution in [-0.4, -0.2) is 27.1 Å². The Morgan fingerprint density at radius 2 is 2.47 bits per heavy atom. The van der Waals surface area contributed by atoms with Gasteiger partial charge < -0.3 is 9.84 Å². The van der Waals surface area contributed by atoms with Gasteiger partial charge in [0, 0.05) is 5.25 Å². The van der Waals surface area contributed by atoms with Gasteiger partial charge in [-0.3, -0.25) is 4.99 Å². The van der Waals surface area contributed by atoms with E-state index in [9.17, 15) is 0 Å². The quantitative estimate of drug-likeness (QED) is 0.831. The van der Waals surface area contributed by atoms with Crippen LogP contribution in [0, 0.1) is 5.92 Å². The monoisotopic (exact) mass is 224 g/mol. The fourth-order valence-corrected chi connectivity index (χ4v) is 2.83. The zero-order valence-electron chi connectivity index (χ0n) is 8.22. The van der Waals surface area contributed by atoms with Crippen molar-refractivity contribution in [1.82, 2.24) is 15.5 Å². The van der Waals surface area contributed by atoms with Gasteiger partial charge in [0.1, 0.15) is 0 Å². The SMILES string of the molecule is c1nc(CNC2=NCC(C3CC3)S2)no1. The Balaban J connectivity index is 1.48. The van der Waals surface area contributed by atoms with E-state index in [0.717, 1.165) is 17.6 Å². The van der Waals surface area contributed by atoms with E-state index < -0.39 is 0 Å². The first-order chi connectivity index (χ1) is 7.42. The number of hydrogen-bond donors (Lipinski definition) is 1. The van der Waals surface area contributed by atoms with Crippen LogP contribution in [-0.2, 0) is 6.54 Å². The van der Waals surface area contributed by atoms with E-state index in [2.05, 4.69) is 25.0 Å². The Morgan fingerprint density at radius 1 is 1.53 bits per heavy atom. The van der Waals surface area contributed by atoms with E-state index in [-0.39, 0.29) is 0 Å². The van der Waals surface area contributed by atoms with Crippen molar-refractivity contribution in [2.45, 2.75) is 24.6 Å². The van der Waals surface area contributed by atoms with Crippen molar-refractivity contribution >= 4 is 16.9 Å². The molecule has 1 unspecified atom stereocenters. The first kappa shape index (κ1) is 9.21. The molecule has 1 aliphatic carbocycles. The lowest BCUT2D eigenvalue weighted by molar-refractivity contribution is 0.409. The van der Waals surface area contributed by atoms with Crippen LogP contribution < -0.4 is 5.32 Å². The highest BCUT2D eigenvalue weighted by Gasteiger charge is 2.35. The zero-order chi connectivity index (χ0) is 10.1. The molecule has 80 valence electrons. The van der Waals surface area contributed by atoms with Gasteiger partial charge in [0.2, 0.25) is 6.39 Å². The second-order valence-corrected chi connectivity index (χ2v) is 5.07. The zero-order valence-corrected chi connectivity index (χ0v) is 9.04. The molecule has 0 spiro atoms. The fraction of sp³-hybridized carbons (Fsp3) is 0.667. The smallest absolute Gasteiger partial charge is 0.213 e. The van der Waals surface area contributed by atoms with Gasteiger partial charge in [-0.25, -0.2) is 0 Å². The number of amidine groups is 1. The number of thioether (sulfide) groups is 1. The summed E-state index contributed by atoms with van der Waals surface area (Å²) in [5.41, 5.74) is 0. The highest BCUT2D eigenvalue weighted by atomic mass is 32.2. The third-order valence-electron chi connectivity index (χ3n) is 2.63. The third kappa shape index (κ3) is 2.14. The molecule has 0 bridgehead atoms. The number of aliphatic imine (C=N–C) groups is 1. The van der Waals surface area contributed by atoms with Gasteiger partial charge >= 0.3 is 0 Å². The highest BCUT2D eigenvalue weighted by molar-refractivity contribution is 8.14. The van der Waals surface area contributed by atoms with Crippen LogP contribution in [0.3, 0.4) is 0 Å². The molecule has 0 aromatic carbocycles. The molecule has 0 saturated heterocycles. The van der Waals surface area contributed by atoms with Gasteiger partial charge in [0.05, 0.1) is 13.1 Å². The van der Waals surface area contributed by atoms with E-state index in [1.165, 1.54) is 19.2 Å². The van der Waals surface area contributed by atoms with E-state index >= 15 is 0 Å². The minimum absolute atomic E-state index is 0.597. The topological polar surface area (TPSA) is 63.3 Å². The molecule has 5 nitrogen and oxygen atoms in total. The molecule has 1 aromatic heterocycles. The summed E-state index contributed by atoms with van der Waals surface area (Å²) in [5, 5.41) is 8.69. The number of aromatic nitrogens is 2. The molecular formula is C9H12N4OS. The van der Waals surface area contributed by atoms with Crippen molar-refractivity contribution < 1.29 is 4.52 Å². The molecule has 6 heteroatoms. The molecule has 1 saturated carbocycles. The Morgan fingerprint density at radius 3 is 3.20 bits per heavy atom. The summed E-state index contributed by atoms with van der Waals surface area (Å²) in [5.74, 6) is 1.58. The molecule has 1 N–H and O–H groups in total. The molecule has 0 amide bonds. The summed E-state index contributed by atoms with van der Waals surface area (Å²) in [6, 6.07) is 0. The Labute approximate surface area is 91.7 Å². The summed E-state index contributed by atoms with van der Waals surface area (Å²) in [6.45, 7) is 1.56. The predicted octanol–water partition coefficient (Wildman–Crippen LogP) is 1.04. The molecule has 2 heterocycles. The number of nitrogens with zero attached hydrogens (tertiary/aromatic N) is 3. The van der Waals surface area contributed by atoms with E-state index in [0.29, 0.717) is 17.6 Å². The van der Waals surface area contributed by atoms with Gasteiger partial charge in [0.15, 0.2) is 11.0 Å². The maximum absolute atomic E-state index is 4.65. The average Bonchev–Trinajstić information content (AvgIpc) is 2.82. The summed E-state index contributed by atoms with van der Waals surface area (Å²) in [7, 11) is 0. The van der Waals surface area contributed by atoms with Crippen LogP contribution in [0.25, 0.3) is 0 Å². The molecule has 1 fully saturated rings. The molecule has 1 aromatic rings. The molecule has 2 aliphatic rings. The number of nitrogens with one attached hydrogen (secondary N) is 1. The molecule has 0 radical (unpaired) electrons. The number of hydrogen-bond acceptors (Lipinski definition) is 6.